The van der Waals surface area contributed by atoms with Gasteiger partial charge in [-0.15, -0.1) is 0 Å². The summed E-state index contributed by atoms with van der Waals surface area (Å²) in [6, 6.07) is 11.6. The number of aliphatic hydroxyl groups is 2. The topological polar surface area (TPSA) is 40.5 Å². The first kappa shape index (κ1) is 10.5. The molecular weight excluding hydrogens is 212 g/mol. The van der Waals surface area contributed by atoms with E-state index in [1.807, 2.05) is 50.2 Å². The number of rotatable bonds is 0. The average Bonchev–Trinajstić information content (AvgIpc) is 2.49. The second kappa shape index (κ2) is 3.19. The first-order valence-electron chi connectivity index (χ1n) is 5.67. The van der Waals surface area contributed by atoms with Crippen LogP contribution in [-0.4, -0.2) is 10.2 Å². The standard InChI is InChI=1S/C15H14O2/c1-9-3-5-11-12-6-4-10(2)8-14(12)15(16,17)13(11)7-9/h3-8,16-17H,1-2H3. The molecule has 2 aromatic carbocycles. The van der Waals surface area contributed by atoms with Crippen LogP contribution in [0, 0.1) is 13.8 Å². The van der Waals surface area contributed by atoms with Crippen molar-refractivity contribution in [2.75, 3.05) is 0 Å². The third-order valence-corrected chi connectivity index (χ3v) is 3.39. The molecule has 2 heteroatoms. The fourth-order valence-corrected chi connectivity index (χ4v) is 2.51. The first-order chi connectivity index (χ1) is 8.00. The molecule has 0 atom stereocenters. The van der Waals surface area contributed by atoms with E-state index in [4.69, 9.17) is 0 Å². The minimum atomic E-state index is -1.86. The number of benzene rings is 2. The van der Waals surface area contributed by atoms with Gasteiger partial charge in [-0.3, -0.25) is 0 Å². The zero-order valence-corrected chi connectivity index (χ0v) is 9.86. The van der Waals surface area contributed by atoms with Crippen LogP contribution >= 0.6 is 0 Å². The number of hydrogen-bond donors (Lipinski definition) is 2. The molecule has 0 aromatic heterocycles. The van der Waals surface area contributed by atoms with Crippen molar-refractivity contribution < 1.29 is 10.2 Å². The fourth-order valence-electron chi connectivity index (χ4n) is 2.51. The molecule has 0 aliphatic heterocycles. The molecule has 0 unspecified atom stereocenters. The van der Waals surface area contributed by atoms with Gasteiger partial charge in [-0.2, -0.15) is 0 Å². The normalized spacial score (nSPS) is 15.5. The van der Waals surface area contributed by atoms with Crippen LogP contribution in [0.1, 0.15) is 22.3 Å². The van der Waals surface area contributed by atoms with E-state index in [-0.39, 0.29) is 0 Å². The Balaban J connectivity index is 2.37. The van der Waals surface area contributed by atoms with Crippen molar-refractivity contribution in [1.82, 2.24) is 0 Å². The molecule has 0 heterocycles. The lowest BCUT2D eigenvalue weighted by molar-refractivity contribution is -0.128. The van der Waals surface area contributed by atoms with Crippen molar-refractivity contribution in [3.63, 3.8) is 0 Å². The molecule has 2 nitrogen and oxygen atoms in total. The minimum Gasteiger partial charge on any atom is -0.358 e. The Hall–Kier alpha value is -1.64. The van der Waals surface area contributed by atoms with Gasteiger partial charge in [0.2, 0.25) is 5.79 Å². The van der Waals surface area contributed by atoms with Crippen LogP contribution in [0.15, 0.2) is 36.4 Å². The predicted molar refractivity (Wildman–Crippen MR) is 66.6 cm³/mol. The Labute approximate surface area is 100 Å². The zero-order chi connectivity index (χ0) is 12.2. The van der Waals surface area contributed by atoms with Crippen LogP contribution < -0.4 is 0 Å². The van der Waals surface area contributed by atoms with Gasteiger partial charge in [-0.1, -0.05) is 35.4 Å². The van der Waals surface area contributed by atoms with Gasteiger partial charge in [0, 0.05) is 11.1 Å². The molecule has 86 valence electrons. The number of aryl methyl sites for hydroxylation is 2. The summed E-state index contributed by atoms with van der Waals surface area (Å²) in [7, 11) is 0. The van der Waals surface area contributed by atoms with E-state index >= 15 is 0 Å². The van der Waals surface area contributed by atoms with E-state index in [1.165, 1.54) is 0 Å². The summed E-state index contributed by atoms with van der Waals surface area (Å²) in [6.07, 6.45) is 0. The highest BCUT2D eigenvalue weighted by atomic mass is 16.5. The van der Waals surface area contributed by atoms with E-state index in [0.29, 0.717) is 11.1 Å². The Morgan fingerprint density at radius 1 is 0.765 bits per heavy atom. The summed E-state index contributed by atoms with van der Waals surface area (Å²) >= 11 is 0. The highest BCUT2D eigenvalue weighted by Crippen LogP contribution is 2.46. The van der Waals surface area contributed by atoms with Crippen molar-refractivity contribution in [3.8, 4) is 11.1 Å². The fraction of sp³-hybridized carbons (Fsp3) is 0.200. The Kier molecular flexibility index (Phi) is 1.97. The summed E-state index contributed by atoms with van der Waals surface area (Å²) in [6.45, 7) is 3.90. The summed E-state index contributed by atoms with van der Waals surface area (Å²) in [5.74, 6) is -1.86. The van der Waals surface area contributed by atoms with Crippen LogP contribution in [-0.2, 0) is 5.79 Å². The van der Waals surface area contributed by atoms with E-state index in [2.05, 4.69) is 0 Å². The van der Waals surface area contributed by atoms with Crippen molar-refractivity contribution in [1.29, 1.82) is 0 Å². The summed E-state index contributed by atoms with van der Waals surface area (Å²) in [5, 5.41) is 20.6. The van der Waals surface area contributed by atoms with Gasteiger partial charge in [0.25, 0.3) is 0 Å². The molecule has 0 saturated heterocycles. The van der Waals surface area contributed by atoms with Gasteiger partial charge in [0.05, 0.1) is 0 Å². The highest BCUT2D eigenvalue weighted by molar-refractivity contribution is 5.79. The van der Waals surface area contributed by atoms with Gasteiger partial charge < -0.3 is 10.2 Å². The Bertz CT molecular complexity index is 559. The second-order valence-electron chi connectivity index (χ2n) is 4.77. The van der Waals surface area contributed by atoms with E-state index in [9.17, 15) is 10.2 Å². The predicted octanol–water partition coefficient (Wildman–Crippen LogP) is 2.47. The third-order valence-electron chi connectivity index (χ3n) is 3.39. The Morgan fingerprint density at radius 2 is 1.18 bits per heavy atom. The van der Waals surface area contributed by atoms with Crippen LogP contribution in [0.3, 0.4) is 0 Å². The molecule has 17 heavy (non-hydrogen) atoms. The lowest BCUT2D eigenvalue weighted by Crippen LogP contribution is -2.23. The minimum absolute atomic E-state index is 0.582. The SMILES string of the molecule is Cc1ccc2c(c1)C(O)(O)c1cc(C)ccc1-2. The van der Waals surface area contributed by atoms with Crippen LogP contribution in [0.2, 0.25) is 0 Å². The van der Waals surface area contributed by atoms with Crippen LogP contribution in [0.5, 0.6) is 0 Å². The maximum atomic E-state index is 10.3. The van der Waals surface area contributed by atoms with E-state index in [0.717, 1.165) is 22.3 Å². The van der Waals surface area contributed by atoms with E-state index in [1.54, 1.807) is 0 Å². The lowest BCUT2D eigenvalue weighted by atomic mass is 10.0. The molecule has 1 aliphatic rings. The van der Waals surface area contributed by atoms with Crippen molar-refractivity contribution >= 4 is 0 Å². The molecule has 0 fully saturated rings. The Morgan fingerprint density at radius 3 is 1.59 bits per heavy atom. The summed E-state index contributed by atoms with van der Waals surface area (Å²) < 4.78 is 0. The molecular formula is C15H14O2. The van der Waals surface area contributed by atoms with Crippen molar-refractivity contribution in [2.24, 2.45) is 0 Å². The lowest BCUT2D eigenvalue weighted by Gasteiger charge is -2.18. The van der Waals surface area contributed by atoms with Gasteiger partial charge in [-0.25, -0.2) is 0 Å². The van der Waals surface area contributed by atoms with Gasteiger partial charge in [0.1, 0.15) is 0 Å². The first-order valence-corrected chi connectivity index (χ1v) is 5.67. The molecule has 1 aliphatic carbocycles. The molecule has 3 rings (SSSR count). The monoisotopic (exact) mass is 226 g/mol. The second-order valence-corrected chi connectivity index (χ2v) is 4.77. The maximum absolute atomic E-state index is 10.3. The summed E-state index contributed by atoms with van der Waals surface area (Å²) in [4.78, 5) is 0. The molecule has 0 spiro atoms. The van der Waals surface area contributed by atoms with Gasteiger partial charge >= 0.3 is 0 Å². The molecule has 0 bridgehead atoms. The largest absolute Gasteiger partial charge is 0.358 e. The number of fused-ring (bicyclic) bond motifs is 3. The summed E-state index contributed by atoms with van der Waals surface area (Å²) in [5.41, 5.74) is 5.05. The molecule has 0 radical (unpaired) electrons. The van der Waals surface area contributed by atoms with Gasteiger partial charge in [-0.05, 0) is 37.1 Å². The van der Waals surface area contributed by atoms with Crippen LogP contribution in [0.4, 0.5) is 0 Å². The van der Waals surface area contributed by atoms with Gasteiger partial charge in [0.15, 0.2) is 0 Å². The average molecular weight is 226 g/mol. The third kappa shape index (κ3) is 1.35. The highest BCUT2D eigenvalue weighted by Gasteiger charge is 2.39. The molecule has 2 aromatic rings. The smallest absolute Gasteiger partial charge is 0.218 e. The van der Waals surface area contributed by atoms with E-state index < -0.39 is 5.79 Å². The zero-order valence-electron chi connectivity index (χ0n) is 9.86. The van der Waals surface area contributed by atoms with Crippen molar-refractivity contribution in [3.05, 3.63) is 58.7 Å². The number of hydrogen-bond acceptors (Lipinski definition) is 2. The molecule has 2 N–H and O–H groups in total. The van der Waals surface area contributed by atoms with Crippen LogP contribution in [0.25, 0.3) is 11.1 Å². The maximum Gasteiger partial charge on any atom is 0.218 e. The quantitative estimate of drug-likeness (QED) is 0.677. The molecule has 0 amide bonds. The molecule has 0 saturated carbocycles. The van der Waals surface area contributed by atoms with Crippen molar-refractivity contribution in [2.45, 2.75) is 19.6 Å².